The van der Waals surface area contributed by atoms with E-state index in [9.17, 15) is 0 Å². The fraction of sp³-hybridized carbons (Fsp3) is 1.00. The maximum atomic E-state index is 8.52. The molecule has 2 heteroatoms. The minimum Gasteiger partial charge on any atom is -0.395 e. The zero-order valence-electron chi connectivity index (χ0n) is 8.15. The first-order valence-electron chi connectivity index (χ1n) is 4.30. The molecule has 2 nitrogen and oxygen atoms in total. The number of aliphatic hydroxyl groups excluding tert-OH is 1. The van der Waals surface area contributed by atoms with Gasteiger partial charge in [-0.2, -0.15) is 0 Å². The van der Waals surface area contributed by atoms with Gasteiger partial charge in [-0.25, -0.2) is 0 Å². The van der Waals surface area contributed by atoms with Crippen molar-refractivity contribution in [1.29, 1.82) is 0 Å². The molecule has 0 aliphatic heterocycles. The van der Waals surface area contributed by atoms with Gasteiger partial charge < -0.3 is 10.4 Å². The molecular weight excluding hydrogens is 138 g/mol. The van der Waals surface area contributed by atoms with Crippen molar-refractivity contribution in [2.45, 2.75) is 27.7 Å². The van der Waals surface area contributed by atoms with Gasteiger partial charge in [0.2, 0.25) is 0 Å². The van der Waals surface area contributed by atoms with Crippen molar-refractivity contribution < 1.29 is 5.11 Å². The Kier molecular flexibility index (Phi) is 4.69. The molecule has 0 rings (SSSR count). The van der Waals surface area contributed by atoms with Crippen molar-refractivity contribution in [3.8, 4) is 0 Å². The second-order valence-corrected chi connectivity index (χ2v) is 4.19. The number of nitrogens with one attached hydrogen (secondary N) is 1. The molecule has 1 unspecified atom stereocenters. The lowest BCUT2D eigenvalue weighted by molar-refractivity contribution is 0.239. The molecule has 11 heavy (non-hydrogen) atoms. The molecule has 0 aromatic heterocycles. The smallest absolute Gasteiger partial charge is 0.0555 e. The molecule has 0 saturated carbocycles. The van der Waals surface area contributed by atoms with Crippen LogP contribution in [0.1, 0.15) is 27.7 Å². The fourth-order valence-corrected chi connectivity index (χ4v) is 0.704. The van der Waals surface area contributed by atoms with E-state index in [4.69, 9.17) is 5.11 Å². The van der Waals surface area contributed by atoms with E-state index in [0.29, 0.717) is 17.9 Å². The van der Waals surface area contributed by atoms with Crippen LogP contribution in [0.5, 0.6) is 0 Å². The lowest BCUT2D eigenvalue weighted by Gasteiger charge is -2.27. The van der Waals surface area contributed by atoms with Gasteiger partial charge in [0.15, 0.2) is 0 Å². The quantitative estimate of drug-likeness (QED) is 0.605. The summed E-state index contributed by atoms with van der Waals surface area (Å²) in [5.74, 6) is 0.647. The van der Waals surface area contributed by atoms with Crippen molar-refractivity contribution in [2.24, 2.45) is 11.3 Å². The van der Waals surface area contributed by atoms with Crippen molar-refractivity contribution in [3.05, 3.63) is 0 Å². The van der Waals surface area contributed by atoms with Crippen molar-refractivity contribution in [2.75, 3.05) is 19.7 Å². The number of hydrogen-bond acceptors (Lipinski definition) is 2. The molecule has 0 heterocycles. The first kappa shape index (κ1) is 10.9. The average Bonchev–Trinajstić information content (AvgIpc) is 1.86. The van der Waals surface area contributed by atoms with Crippen molar-refractivity contribution >= 4 is 0 Å². The van der Waals surface area contributed by atoms with Gasteiger partial charge in [0.1, 0.15) is 0 Å². The van der Waals surface area contributed by atoms with E-state index in [1.807, 2.05) is 0 Å². The zero-order valence-corrected chi connectivity index (χ0v) is 8.15. The molecule has 0 aliphatic rings. The highest BCUT2D eigenvalue weighted by Gasteiger charge is 2.18. The van der Waals surface area contributed by atoms with Crippen LogP contribution in [-0.4, -0.2) is 24.8 Å². The second kappa shape index (κ2) is 4.73. The molecule has 0 amide bonds. The summed E-state index contributed by atoms with van der Waals surface area (Å²) < 4.78 is 0. The molecule has 0 saturated heterocycles. The summed E-state index contributed by atoms with van der Waals surface area (Å²) in [7, 11) is 0. The second-order valence-electron chi connectivity index (χ2n) is 4.19. The van der Waals surface area contributed by atoms with Crippen molar-refractivity contribution in [3.63, 3.8) is 0 Å². The van der Waals surface area contributed by atoms with E-state index in [2.05, 4.69) is 33.0 Å². The molecule has 0 radical (unpaired) electrons. The summed E-state index contributed by atoms with van der Waals surface area (Å²) in [5, 5.41) is 11.7. The van der Waals surface area contributed by atoms with Crippen LogP contribution < -0.4 is 5.32 Å². The zero-order chi connectivity index (χ0) is 8.91. The van der Waals surface area contributed by atoms with Gasteiger partial charge in [-0.3, -0.25) is 0 Å². The van der Waals surface area contributed by atoms with Gasteiger partial charge in [0.25, 0.3) is 0 Å². The molecule has 68 valence electrons. The normalized spacial score (nSPS) is 15.0. The Bertz CT molecular complexity index is 96.2. The van der Waals surface area contributed by atoms with Crippen LogP contribution in [0.4, 0.5) is 0 Å². The summed E-state index contributed by atoms with van der Waals surface area (Å²) in [6.07, 6.45) is 0. The molecule has 0 aromatic carbocycles. The van der Waals surface area contributed by atoms with E-state index in [0.717, 1.165) is 6.54 Å². The maximum absolute atomic E-state index is 8.52. The first-order chi connectivity index (χ1) is 4.98. The lowest BCUT2D eigenvalue weighted by atomic mass is 9.82. The Morgan fingerprint density at radius 1 is 1.36 bits per heavy atom. The predicted molar refractivity (Wildman–Crippen MR) is 48.6 cm³/mol. The molecular formula is C9H21NO. The molecule has 0 aromatic rings. The van der Waals surface area contributed by atoms with E-state index < -0.39 is 0 Å². The summed E-state index contributed by atoms with van der Waals surface area (Å²) in [6, 6.07) is 0. The van der Waals surface area contributed by atoms with Crippen LogP contribution in [0, 0.1) is 11.3 Å². The number of aliphatic hydroxyl groups is 1. The molecule has 0 bridgehead atoms. The highest BCUT2D eigenvalue weighted by Crippen LogP contribution is 2.24. The van der Waals surface area contributed by atoms with E-state index in [1.165, 1.54) is 0 Å². The monoisotopic (exact) mass is 159 g/mol. The Morgan fingerprint density at radius 2 is 1.91 bits per heavy atom. The standard InChI is InChI=1S/C9H21NO/c1-8(9(2,3)4)7-10-5-6-11/h8,10-11H,5-7H2,1-4H3. The van der Waals surface area contributed by atoms with Crippen LogP contribution in [0.15, 0.2) is 0 Å². The summed E-state index contributed by atoms with van der Waals surface area (Å²) in [6.45, 7) is 10.9. The lowest BCUT2D eigenvalue weighted by Crippen LogP contribution is -2.31. The van der Waals surface area contributed by atoms with Gasteiger partial charge in [0.05, 0.1) is 6.61 Å². The number of hydrogen-bond donors (Lipinski definition) is 2. The third-order valence-corrected chi connectivity index (χ3v) is 2.22. The largest absolute Gasteiger partial charge is 0.395 e. The predicted octanol–water partition coefficient (Wildman–Crippen LogP) is 1.25. The van der Waals surface area contributed by atoms with Gasteiger partial charge in [0, 0.05) is 6.54 Å². The van der Waals surface area contributed by atoms with E-state index in [1.54, 1.807) is 0 Å². The third kappa shape index (κ3) is 5.22. The Balaban J connectivity index is 3.44. The molecule has 0 aliphatic carbocycles. The van der Waals surface area contributed by atoms with Crippen LogP contribution in [0.2, 0.25) is 0 Å². The molecule has 0 spiro atoms. The minimum absolute atomic E-state index is 0.233. The molecule has 1 atom stereocenters. The van der Waals surface area contributed by atoms with Crippen molar-refractivity contribution in [1.82, 2.24) is 5.32 Å². The summed E-state index contributed by atoms with van der Waals surface area (Å²) in [5.41, 5.74) is 0.364. The highest BCUT2D eigenvalue weighted by atomic mass is 16.3. The average molecular weight is 159 g/mol. The van der Waals surface area contributed by atoms with Gasteiger partial charge in [-0.15, -0.1) is 0 Å². The SMILES string of the molecule is CC(CNCCO)C(C)(C)C. The highest BCUT2D eigenvalue weighted by molar-refractivity contribution is 4.71. The van der Waals surface area contributed by atoms with Gasteiger partial charge >= 0.3 is 0 Å². The maximum Gasteiger partial charge on any atom is 0.0555 e. The Morgan fingerprint density at radius 3 is 2.27 bits per heavy atom. The summed E-state index contributed by atoms with van der Waals surface area (Å²) >= 11 is 0. The summed E-state index contributed by atoms with van der Waals surface area (Å²) in [4.78, 5) is 0. The van der Waals surface area contributed by atoms with E-state index in [-0.39, 0.29) is 6.61 Å². The van der Waals surface area contributed by atoms with Gasteiger partial charge in [-0.05, 0) is 17.9 Å². The fourth-order valence-electron chi connectivity index (χ4n) is 0.704. The van der Waals surface area contributed by atoms with Crippen LogP contribution in [0.3, 0.4) is 0 Å². The first-order valence-corrected chi connectivity index (χ1v) is 4.30. The van der Waals surface area contributed by atoms with Crippen LogP contribution >= 0.6 is 0 Å². The van der Waals surface area contributed by atoms with Gasteiger partial charge in [-0.1, -0.05) is 27.7 Å². The van der Waals surface area contributed by atoms with Crippen LogP contribution in [0.25, 0.3) is 0 Å². The van der Waals surface area contributed by atoms with E-state index >= 15 is 0 Å². The molecule has 0 fully saturated rings. The topological polar surface area (TPSA) is 32.3 Å². The number of rotatable bonds is 4. The van der Waals surface area contributed by atoms with Crippen LogP contribution in [-0.2, 0) is 0 Å². The minimum atomic E-state index is 0.233. The third-order valence-electron chi connectivity index (χ3n) is 2.22. The molecule has 2 N–H and O–H groups in total. The Hall–Kier alpha value is -0.0800. The Labute approximate surface area is 70.0 Å².